The lowest BCUT2D eigenvalue weighted by Crippen LogP contribution is -2.35. The molecule has 1 fully saturated rings. The van der Waals surface area contributed by atoms with Crippen molar-refractivity contribution in [1.82, 2.24) is 10.2 Å². The van der Waals surface area contributed by atoms with E-state index < -0.39 is 5.92 Å². The van der Waals surface area contributed by atoms with Crippen molar-refractivity contribution in [3.63, 3.8) is 0 Å². The summed E-state index contributed by atoms with van der Waals surface area (Å²) in [5, 5.41) is 3.52. The standard InChI is InChI=1S/C28H27ClN2O6/c1-34-20-7-8-21(25(12-20)35-2)22-14-31(28(33)18-4-3-5-19(29)11-18)15-23(22)27(32)30-13-17-6-9-24-26(10-17)37-16-36-24/h3-12,22-23H,13-16H2,1-2H3,(H,30,32)/t22-,23+/m0/s1. The van der Waals surface area contributed by atoms with Gasteiger partial charge in [0, 0.05) is 47.8 Å². The van der Waals surface area contributed by atoms with Crippen molar-refractivity contribution in [3.8, 4) is 23.0 Å². The highest BCUT2D eigenvalue weighted by molar-refractivity contribution is 6.31. The number of hydrogen-bond donors (Lipinski definition) is 1. The van der Waals surface area contributed by atoms with Gasteiger partial charge in [0.25, 0.3) is 5.91 Å². The van der Waals surface area contributed by atoms with Gasteiger partial charge in [0.05, 0.1) is 20.1 Å². The van der Waals surface area contributed by atoms with Crippen LogP contribution in [0, 0.1) is 5.92 Å². The molecule has 0 unspecified atom stereocenters. The van der Waals surface area contributed by atoms with Gasteiger partial charge in [0.15, 0.2) is 11.5 Å². The van der Waals surface area contributed by atoms with Crippen LogP contribution in [0.2, 0.25) is 5.02 Å². The summed E-state index contributed by atoms with van der Waals surface area (Å²) in [6.07, 6.45) is 0. The number of rotatable bonds is 7. The van der Waals surface area contributed by atoms with Crippen molar-refractivity contribution in [2.24, 2.45) is 5.92 Å². The maximum Gasteiger partial charge on any atom is 0.253 e. The highest BCUT2D eigenvalue weighted by atomic mass is 35.5. The summed E-state index contributed by atoms with van der Waals surface area (Å²) in [7, 11) is 3.17. The third-order valence-corrected chi connectivity index (χ3v) is 6.99. The number of likely N-dealkylation sites (tertiary alicyclic amines) is 1. The fourth-order valence-corrected chi connectivity index (χ4v) is 5.04. The van der Waals surface area contributed by atoms with Crippen LogP contribution in [-0.4, -0.2) is 50.8 Å². The molecule has 37 heavy (non-hydrogen) atoms. The first-order chi connectivity index (χ1) is 18.0. The van der Waals surface area contributed by atoms with Crippen LogP contribution in [0.4, 0.5) is 0 Å². The second kappa shape index (κ2) is 10.6. The second-order valence-electron chi connectivity index (χ2n) is 8.95. The molecule has 3 aromatic carbocycles. The molecule has 9 heteroatoms. The topological polar surface area (TPSA) is 86.3 Å². The van der Waals surface area contributed by atoms with E-state index in [1.54, 1.807) is 49.5 Å². The van der Waals surface area contributed by atoms with Crippen LogP contribution < -0.4 is 24.3 Å². The Labute approximate surface area is 220 Å². The lowest BCUT2D eigenvalue weighted by molar-refractivity contribution is -0.125. The van der Waals surface area contributed by atoms with Crippen LogP contribution in [-0.2, 0) is 11.3 Å². The quantitative estimate of drug-likeness (QED) is 0.499. The van der Waals surface area contributed by atoms with Crippen molar-refractivity contribution >= 4 is 23.4 Å². The number of carbonyl (C=O) groups excluding carboxylic acids is 2. The van der Waals surface area contributed by atoms with Gasteiger partial charge in [-0.05, 0) is 42.0 Å². The molecule has 0 saturated carbocycles. The normalized spacial score (nSPS) is 18.0. The summed E-state index contributed by atoms with van der Waals surface area (Å²) in [6, 6.07) is 17.9. The van der Waals surface area contributed by atoms with E-state index in [1.165, 1.54) is 0 Å². The molecule has 2 aliphatic rings. The zero-order valence-electron chi connectivity index (χ0n) is 20.5. The van der Waals surface area contributed by atoms with Gasteiger partial charge >= 0.3 is 0 Å². The highest BCUT2D eigenvalue weighted by Gasteiger charge is 2.41. The molecule has 192 valence electrons. The second-order valence-corrected chi connectivity index (χ2v) is 9.38. The minimum atomic E-state index is -0.487. The fraction of sp³-hybridized carbons (Fsp3) is 0.286. The maximum absolute atomic E-state index is 13.5. The molecule has 2 atom stereocenters. The molecule has 8 nitrogen and oxygen atoms in total. The monoisotopic (exact) mass is 522 g/mol. The molecule has 0 aliphatic carbocycles. The zero-order valence-corrected chi connectivity index (χ0v) is 21.3. The molecular weight excluding hydrogens is 496 g/mol. The fourth-order valence-electron chi connectivity index (χ4n) is 4.85. The van der Waals surface area contributed by atoms with E-state index in [0.29, 0.717) is 46.7 Å². The predicted molar refractivity (Wildman–Crippen MR) is 138 cm³/mol. The Kier molecular flexibility index (Phi) is 7.10. The van der Waals surface area contributed by atoms with Crippen molar-refractivity contribution < 1.29 is 28.5 Å². The molecule has 3 aromatic rings. The van der Waals surface area contributed by atoms with Crippen molar-refractivity contribution in [2.75, 3.05) is 34.1 Å². The number of carbonyl (C=O) groups is 2. The van der Waals surface area contributed by atoms with Crippen LogP contribution in [0.3, 0.4) is 0 Å². The van der Waals surface area contributed by atoms with Crippen LogP contribution in [0.15, 0.2) is 60.7 Å². The summed E-state index contributed by atoms with van der Waals surface area (Å²) in [5.41, 5.74) is 2.21. The smallest absolute Gasteiger partial charge is 0.253 e. The Morgan fingerprint density at radius 3 is 2.62 bits per heavy atom. The van der Waals surface area contributed by atoms with Gasteiger partial charge in [-0.2, -0.15) is 0 Å². The van der Waals surface area contributed by atoms with Gasteiger partial charge in [-0.1, -0.05) is 29.8 Å². The number of hydrogen-bond acceptors (Lipinski definition) is 6. The number of nitrogens with one attached hydrogen (secondary N) is 1. The Morgan fingerprint density at radius 1 is 1.00 bits per heavy atom. The molecule has 0 spiro atoms. The Hall–Kier alpha value is -3.91. The summed E-state index contributed by atoms with van der Waals surface area (Å²) in [6.45, 7) is 1.13. The molecule has 0 aromatic heterocycles. The highest BCUT2D eigenvalue weighted by Crippen LogP contribution is 2.40. The summed E-state index contributed by atoms with van der Waals surface area (Å²) in [4.78, 5) is 28.6. The van der Waals surface area contributed by atoms with E-state index in [9.17, 15) is 9.59 Å². The van der Waals surface area contributed by atoms with Crippen molar-refractivity contribution in [3.05, 3.63) is 82.4 Å². The lowest BCUT2D eigenvalue weighted by atomic mass is 9.87. The van der Waals surface area contributed by atoms with E-state index in [2.05, 4.69) is 5.32 Å². The van der Waals surface area contributed by atoms with E-state index in [-0.39, 0.29) is 31.1 Å². The van der Waals surface area contributed by atoms with Gasteiger partial charge in [-0.3, -0.25) is 9.59 Å². The minimum Gasteiger partial charge on any atom is -0.497 e. The third-order valence-electron chi connectivity index (χ3n) is 6.76. The maximum atomic E-state index is 13.5. The summed E-state index contributed by atoms with van der Waals surface area (Å²) < 4.78 is 21.8. The number of benzene rings is 3. The van der Waals surface area contributed by atoms with E-state index in [4.69, 9.17) is 30.5 Å². The molecule has 2 amide bonds. The molecular formula is C28H27ClN2O6. The molecule has 0 bridgehead atoms. The third kappa shape index (κ3) is 5.15. The van der Waals surface area contributed by atoms with Gasteiger partial charge in [-0.15, -0.1) is 0 Å². The molecule has 0 radical (unpaired) electrons. The number of fused-ring (bicyclic) bond motifs is 1. The number of nitrogens with zero attached hydrogens (tertiary/aromatic N) is 1. The van der Waals surface area contributed by atoms with Crippen molar-refractivity contribution in [1.29, 1.82) is 0 Å². The lowest BCUT2D eigenvalue weighted by Gasteiger charge is -2.21. The first-order valence-corrected chi connectivity index (χ1v) is 12.3. The number of ether oxygens (including phenoxy) is 4. The van der Waals surface area contributed by atoms with Gasteiger partial charge < -0.3 is 29.2 Å². The number of methoxy groups -OCH3 is 2. The first kappa shape index (κ1) is 24.8. The van der Waals surface area contributed by atoms with Crippen molar-refractivity contribution in [2.45, 2.75) is 12.5 Å². The summed E-state index contributed by atoms with van der Waals surface area (Å²) >= 11 is 6.12. The Balaban J connectivity index is 1.39. The molecule has 1 saturated heterocycles. The first-order valence-electron chi connectivity index (χ1n) is 11.9. The van der Waals surface area contributed by atoms with Gasteiger partial charge in [0.1, 0.15) is 11.5 Å². The predicted octanol–water partition coefficient (Wildman–Crippen LogP) is 4.26. The van der Waals surface area contributed by atoms with Gasteiger partial charge in [0.2, 0.25) is 12.7 Å². The Bertz CT molecular complexity index is 1330. The van der Waals surface area contributed by atoms with Crippen LogP contribution in [0.1, 0.15) is 27.4 Å². The molecule has 5 rings (SSSR count). The molecule has 2 heterocycles. The number of amides is 2. The van der Waals surface area contributed by atoms with Crippen LogP contribution >= 0.6 is 11.6 Å². The van der Waals surface area contributed by atoms with Crippen LogP contribution in [0.25, 0.3) is 0 Å². The minimum absolute atomic E-state index is 0.151. The summed E-state index contributed by atoms with van der Waals surface area (Å²) in [5.74, 6) is 1.51. The average Bonchev–Trinajstić information content (AvgIpc) is 3.58. The zero-order chi connectivity index (χ0) is 25.9. The SMILES string of the molecule is COc1ccc([C@@H]2CN(C(=O)c3cccc(Cl)c3)C[C@H]2C(=O)NCc2ccc3c(c2)OCO3)c(OC)c1. The van der Waals surface area contributed by atoms with Crippen LogP contribution in [0.5, 0.6) is 23.0 Å². The van der Waals surface area contributed by atoms with E-state index in [1.807, 2.05) is 30.3 Å². The average molecular weight is 523 g/mol. The molecule has 2 aliphatic heterocycles. The Morgan fingerprint density at radius 2 is 1.84 bits per heavy atom. The molecule has 1 N–H and O–H groups in total. The van der Waals surface area contributed by atoms with E-state index in [0.717, 1.165) is 11.1 Å². The van der Waals surface area contributed by atoms with E-state index >= 15 is 0 Å². The largest absolute Gasteiger partial charge is 0.497 e. The van der Waals surface area contributed by atoms with Gasteiger partial charge in [-0.25, -0.2) is 0 Å². The number of halogens is 1.